The van der Waals surface area contributed by atoms with Gasteiger partial charge in [0, 0.05) is 18.4 Å². The molecule has 4 aliphatic rings. The third-order valence-electron chi connectivity index (χ3n) is 11.1. The number of rotatable bonds is 8. The first-order chi connectivity index (χ1) is 26.2. The molecule has 2 aliphatic heterocycles. The van der Waals surface area contributed by atoms with Gasteiger partial charge in [-0.15, -0.1) is 0 Å². The van der Waals surface area contributed by atoms with Gasteiger partial charge in [0.05, 0.1) is 29.4 Å². The van der Waals surface area contributed by atoms with Crippen LogP contribution in [0.1, 0.15) is 84.3 Å². The van der Waals surface area contributed by atoms with Crippen LogP contribution in [0.25, 0.3) is 11.0 Å². The number of sulfonamides is 1. The Morgan fingerprint density at radius 1 is 1.07 bits per heavy atom. The van der Waals surface area contributed by atoms with Crippen LogP contribution in [0.15, 0.2) is 30.4 Å². The van der Waals surface area contributed by atoms with Crippen molar-refractivity contribution in [3.63, 3.8) is 0 Å². The van der Waals surface area contributed by atoms with Gasteiger partial charge in [-0.3, -0.25) is 19.1 Å². The number of amides is 4. The van der Waals surface area contributed by atoms with Gasteiger partial charge in [-0.2, -0.15) is 13.2 Å². The molecule has 15 nitrogen and oxygen atoms in total. The Morgan fingerprint density at radius 2 is 1.80 bits per heavy atom. The number of methoxy groups -OCH3 is 1. The van der Waals surface area contributed by atoms with Crippen LogP contribution in [-0.4, -0.2) is 101 Å². The van der Waals surface area contributed by atoms with Crippen molar-refractivity contribution >= 4 is 44.9 Å². The maximum Gasteiger partial charge on any atom is 0.427 e. The van der Waals surface area contributed by atoms with Crippen LogP contribution in [0.4, 0.5) is 18.0 Å². The minimum atomic E-state index is -4.90. The Labute approximate surface area is 322 Å². The number of aryl methyl sites for hydroxylation is 1. The molecule has 0 bridgehead atoms. The fourth-order valence-electron chi connectivity index (χ4n) is 6.91. The molecule has 5 atom stereocenters. The number of fused-ring (bicyclic) bond motifs is 3. The molecular weight excluding hydrogens is 762 g/mol. The zero-order valence-electron chi connectivity index (χ0n) is 31.8. The lowest BCUT2D eigenvalue weighted by atomic mass is 10.0. The molecule has 1 saturated heterocycles. The average Bonchev–Trinajstić information content (AvgIpc) is 3.99. The molecule has 1 aromatic heterocycles. The summed E-state index contributed by atoms with van der Waals surface area (Å²) in [4.78, 5) is 65.8. The van der Waals surface area contributed by atoms with Crippen LogP contribution in [0.3, 0.4) is 0 Å². The minimum Gasteiger partial charge on any atom is -0.497 e. The molecule has 0 spiro atoms. The molecule has 0 radical (unpaired) electrons. The van der Waals surface area contributed by atoms with E-state index in [1.807, 2.05) is 6.08 Å². The summed E-state index contributed by atoms with van der Waals surface area (Å²) in [6.07, 6.45) is -0.732. The number of carbonyl (C=O) groups is 4. The lowest BCUT2D eigenvalue weighted by molar-refractivity contribution is -0.244. The first-order valence-corrected chi connectivity index (χ1v) is 20.1. The Morgan fingerprint density at radius 3 is 2.48 bits per heavy atom. The second kappa shape index (κ2) is 15.0. The van der Waals surface area contributed by atoms with Crippen LogP contribution in [0.5, 0.6) is 11.6 Å². The predicted molar refractivity (Wildman–Crippen MR) is 195 cm³/mol. The summed E-state index contributed by atoms with van der Waals surface area (Å²) in [6, 6.07) is 2.40. The molecular formula is C37H47F3N6O9S. The number of alkyl carbamates (subject to hydrolysis) is 1. The van der Waals surface area contributed by atoms with E-state index in [9.17, 15) is 40.8 Å². The van der Waals surface area contributed by atoms with Crippen molar-refractivity contribution in [2.45, 2.75) is 126 Å². The van der Waals surface area contributed by atoms with Crippen molar-refractivity contribution in [2.75, 3.05) is 13.7 Å². The molecule has 2 saturated carbocycles. The van der Waals surface area contributed by atoms with Gasteiger partial charge < -0.3 is 29.7 Å². The molecule has 3 fully saturated rings. The molecule has 306 valence electrons. The second-order valence-electron chi connectivity index (χ2n) is 15.8. The molecule has 19 heteroatoms. The molecule has 2 aliphatic carbocycles. The number of nitrogens with one attached hydrogen (secondary N) is 3. The monoisotopic (exact) mass is 808 g/mol. The highest BCUT2D eigenvalue weighted by Crippen LogP contribution is 2.47. The molecule has 1 aromatic carbocycles. The number of hydrogen-bond acceptors (Lipinski definition) is 11. The summed E-state index contributed by atoms with van der Waals surface area (Å²) in [5.74, 6) is -2.37. The summed E-state index contributed by atoms with van der Waals surface area (Å²) < 4.78 is 84.4. The fourth-order valence-corrected chi connectivity index (χ4v) is 8.22. The number of nitrogens with zero attached hydrogens (tertiary/aromatic N) is 3. The third kappa shape index (κ3) is 8.37. The second-order valence-corrected chi connectivity index (χ2v) is 18.0. The summed E-state index contributed by atoms with van der Waals surface area (Å²) in [5, 5.41) is 5.07. The van der Waals surface area contributed by atoms with Crippen molar-refractivity contribution in [2.24, 2.45) is 5.92 Å². The topological polar surface area (TPSA) is 195 Å². The molecule has 4 amide bonds. The van der Waals surface area contributed by atoms with E-state index < -0.39 is 80.0 Å². The highest BCUT2D eigenvalue weighted by atomic mass is 32.2. The van der Waals surface area contributed by atoms with Crippen molar-refractivity contribution in [1.29, 1.82) is 0 Å². The predicted octanol–water partition coefficient (Wildman–Crippen LogP) is 4.12. The van der Waals surface area contributed by atoms with Crippen LogP contribution in [0.2, 0.25) is 0 Å². The molecule has 2 aromatic rings. The van der Waals surface area contributed by atoms with Gasteiger partial charge in [-0.05, 0) is 78.4 Å². The zero-order valence-corrected chi connectivity index (χ0v) is 32.6. The van der Waals surface area contributed by atoms with Gasteiger partial charge in [0.2, 0.25) is 33.3 Å². The summed E-state index contributed by atoms with van der Waals surface area (Å²) in [5.41, 5.74) is -3.08. The quantitative estimate of drug-likeness (QED) is 0.325. The number of allylic oxidation sites excluding steroid dienone is 1. The number of carbonyl (C=O) groups excluding carboxylic acids is 4. The molecule has 6 rings (SSSR count). The van der Waals surface area contributed by atoms with E-state index in [2.05, 4.69) is 25.3 Å². The van der Waals surface area contributed by atoms with Crippen LogP contribution in [-0.2, 0) is 29.1 Å². The standard InChI is InChI=1S/C37H47F3N6O9S/c1-21-30(42-27-17-23(53-5)13-14-25(27)41-21)54-24-18-28-29(47)44-36(32(49)45-56(51,52)35(4)15-16-35)19-22(36)11-9-7-6-8-10-12-26(31(48)46(28)20-24)43-33(50)55-34(2,3)37(38,39)40/h9,11,13-14,17,22,24,26,28H,6-8,10,12,15-16,18-20H2,1-5H3,(H,43,50)(H,44,47)(H,45,49)/b11-9-/t22?,24-,26+,28+,36-/m1/s1. The van der Waals surface area contributed by atoms with E-state index in [1.54, 1.807) is 31.2 Å². The van der Waals surface area contributed by atoms with E-state index in [4.69, 9.17) is 14.2 Å². The van der Waals surface area contributed by atoms with E-state index in [-0.39, 0.29) is 31.7 Å². The molecule has 1 unspecified atom stereocenters. The van der Waals surface area contributed by atoms with Crippen LogP contribution in [0, 0.1) is 12.8 Å². The summed E-state index contributed by atoms with van der Waals surface area (Å²) in [7, 11) is -2.57. The Hall–Kier alpha value is -4.68. The maximum atomic E-state index is 14.4. The van der Waals surface area contributed by atoms with Crippen molar-refractivity contribution < 1.29 is 55.0 Å². The molecule has 3 heterocycles. The van der Waals surface area contributed by atoms with Crippen LogP contribution >= 0.6 is 0 Å². The SMILES string of the molecule is COc1ccc2nc(C)c(O[C@@H]3C[C@H]4C(=O)N[C@]5(C(=O)NS(=O)(=O)C6(C)CC6)CC5/C=C\CCCCC[C@H](NC(=O)OC(C)(C)C(F)(F)F)C(=O)N4C3)nc2c1. The first kappa shape index (κ1) is 41.0. The first-order valence-electron chi connectivity index (χ1n) is 18.6. The van der Waals surface area contributed by atoms with E-state index in [0.29, 0.717) is 74.8 Å². The van der Waals surface area contributed by atoms with Crippen molar-refractivity contribution in [3.8, 4) is 11.6 Å². The van der Waals surface area contributed by atoms with E-state index in [0.717, 1.165) is 4.90 Å². The largest absolute Gasteiger partial charge is 0.497 e. The average molecular weight is 809 g/mol. The smallest absolute Gasteiger partial charge is 0.427 e. The summed E-state index contributed by atoms with van der Waals surface area (Å²) in [6.45, 7) is 4.35. The Balaban J connectivity index is 1.31. The minimum absolute atomic E-state index is 0.0170. The van der Waals surface area contributed by atoms with Crippen molar-refractivity contribution in [1.82, 2.24) is 30.2 Å². The Bertz CT molecular complexity index is 2040. The van der Waals surface area contributed by atoms with Gasteiger partial charge in [-0.1, -0.05) is 25.0 Å². The third-order valence-corrected chi connectivity index (χ3v) is 13.2. The van der Waals surface area contributed by atoms with E-state index in [1.165, 1.54) is 14.0 Å². The zero-order chi connectivity index (χ0) is 40.8. The highest BCUT2D eigenvalue weighted by molar-refractivity contribution is 7.91. The highest BCUT2D eigenvalue weighted by Gasteiger charge is 2.63. The van der Waals surface area contributed by atoms with Gasteiger partial charge in [0.25, 0.3) is 5.91 Å². The molecule has 3 N–H and O–H groups in total. The fraction of sp³-hybridized carbons (Fsp3) is 0.622. The van der Waals surface area contributed by atoms with Crippen molar-refractivity contribution in [3.05, 3.63) is 36.0 Å². The Kier molecular flexibility index (Phi) is 11.0. The van der Waals surface area contributed by atoms with Gasteiger partial charge >= 0.3 is 12.3 Å². The van der Waals surface area contributed by atoms with Gasteiger partial charge in [0.15, 0.2) is 0 Å². The van der Waals surface area contributed by atoms with Gasteiger partial charge in [0.1, 0.15) is 35.2 Å². The normalized spacial score (nSPS) is 27.4. The van der Waals surface area contributed by atoms with Gasteiger partial charge in [-0.25, -0.2) is 23.2 Å². The number of hydrogen-bond donors (Lipinski definition) is 3. The number of halogens is 3. The van der Waals surface area contributed by atoms with E-state index >= 15 is 0 Å². The molecule has 56 heavy (non-hydrogen) atoms. The maximum absolute atomic E-state index is 14.4. The number of benzene rings is 1. The number of ether oxygens (including phenoxy) is 3. The summed E-state index contributed by atoms with van der Waals surface area (Å²) >= 11 is 0. The lowest BCUT2D eigenvalue weighted by Crippen LogP contribution is -2.59. The number of aromatic nitrogens is 2. The van der Waals surface area contributed by atoms with Crippen LogP contribution < -0.4 is 24.8 Å². The lowest BCUT2D eigenvalue weighted by Gasteiger charge is -2.31. The number of alkyl halides is 3.